The van der Waals surface area contributed by atoms with Gasteiger partial charge in [-0.15, -0.1) is 11.8 Å². The monoisotopic (exact) mass is 367 g/mol. The van der Waals surface area contributed by atoms with Crippen molar-refractivity contribution in [3.05, 3.63) is 90.2 Å². The lowest BCUT2D eigenvalue weighted by atomic mass is 10.1. The van der Waals surface area contributed by atoms with Crippen molar-refractivity contribution in [1.82, 2.24) is 0 Å². The highest BCUT2D eigenvalue weighted by molar-refractivity contribution is 8.00. The molecule has 3 nitrogen and oxygen atoms in total. The van der Waals surface area contributed by atoms with Gasteiger partial charge in [0.05, 0.1) is 7.11 Å². The lowest BCUT2D eigenvalue weighted by molar-refractivity contribution is -0.115. The number of carbonyl (C=O) groups excluding carboxylic acids is 1. The number of methoxy groups -OCH3 is 1. The number of benzene rings is 3. The van der Waals surface area contributed by atoms with Crippen LogP contribution in [0.1, 0.15) is 10.8 Å². The first-order chi connectivity index (χ1) is 12.7. The lowest BCUT2D eigenvalue weighted by Crippen LogP contribution is -2.19. The van der Waals surface area contributed by atoms with Crippen molar-refractivity contribution >= 4 is 23.4 Å². The predicted octanol–water partition coefficient (Wildman–Crippen LogP) is 5.31. The van der Waals surface area contributed by atoms with Gasteiger partial charge in [0.15, 0.2) is 0 Å². The van der Waals surface area contributed by atoms with Crippen LogP contribution in [0.15, 0.2) is 83.8 Å². The number of hydrogen-bond donors (Lipinski definition) is 1. The van der Waals surface area contributed by atoms with Gasteiger partial charge in [-0.2, -0.15) is 0 Å². The second kappa shape index (κ2) is 8.54. The van der Waals surface area contributed by atoms with Gasteiger partial charge in [-0.1, -0.05) is 36.4 Å². The predicted molar refractivity (Wildman–Crippen MR) is 103 cm³/mol. The molecule has 0 saturated heterocycles. The zero-order chi connectivity index (χ0) is 18.4. The number of amides is 1. The highest BCUT2D eigenvalue weighted by Crippen LogP contribution is 2.36. The number of rotatable bonds is 6. The van der Waals surface area contributed by atoms with Crippen LogP contribution in [0.25, 0.3) is 0 Å². The molecule has 1 amide bonds. The van der Waals surface area contributed by atoms with Gasteiger partial charge in [0.1, 0.15) is 16.8 Å². The minimum absolute atomic E-state index is 0.154. The van der Waals surface area contributed by atoms with E-state index in [2.05, 4.69) is 5.32 Å². The molecule has 1 N–H and O–H groups in total. The zero-order valence-electron chi connectivity index (χ0n) is 14.2. The van der Waals surface area contributed by atoms with Crippen LogP contribution in [0.5, 0.6) is 5.75 Å². The van der Waals surface area contributed by atoms with Crippen molar-refractivity contribution in [3.8, 4) is 5.75 Å². The van der Waals surface area contributed by atoms with E-state index in [1.165, 1.54) is 23.9 Å². The second-order valence-corrected chi connectivity index (χ2v) is 6.76. The molecule has 0 aliphatic heterocycles. The molecule has 0 radical (unpaired) electrons. The Labute approximate surface area is 156 Å². The van der Waals surface area contributed by atoms with Gasteiger partial charge in [-0.05, 0) is 42.0 Å². The number of hydrogen-bond acceptors (Lipinski definition) is 3. The molecule has 0 saturated carbocycles. The number of nitrogens with one attached hydrogen (secondary N) is 1. The Morgan fingerprint density at radius 3 is 2.42 bits per heavy atom. The highest BCUT2D eigenvalue weighted by atomic mass is 32.2. The fraction of sp³-hybridized carbons (Fsp3) is 0.0952. The molecular weight excluding hydrogens is 349 g/mol. The van der Waals surface area contributed by atoms with Gasteiger partial charge >= 0.3 is 0 Å². The fourth-order valence-corrected chi connectivity index (χ4v) is 3.48. The summed E-state index contributed by atoms with van der Waals surface area (Å²) in [5.74, 6) is 0.218. The average molecular weight is 367 g/mol. The van der Waals surface area contributed by atoms with Crippen LogP contribution < -0.4 is 10.1 Å². The van der Waals surface area contributed by atoms with E-state index in [-0.39, 0.29) is 11.7 Å². The van der Waals surface area contributed by atoms with E-state index in [1.54, 1.807) is 25.3 Å². The van der Waals surface area contributed by atoms with Crippen molar-refractivity contribution in [1.29, 1.82) is 0 Å². The van der Waals surface area contributed by atoms with Gasteiger partial charge < -0.3 is 10.1 Å². The Morgan fingerprint density at radius 1 is 1.00 bits per heavy atom. The molecule has 0 heterocycles. The number of halogens is 1. The minimum atomic E-state index is -0.465. The SMILES string of the molecule is COc1cccc(NC(=O)[C@H](Sc2ccc(F)cc2)c2ccccc2)c1. The molecule has 3 rings (SSSR count). The van der Waals surface area contributed by atoms with Gasteiger partial charge in [-0.3, -0.25) is 4.79 Å². The summed E-state index contributed by atoms with van der Waals surface area (Å²) in [6.45, 7) is 0. The lowest BCUT2D eigenvalue weighted by Gasteiger charge is -2.17. The molecule has 3 aromatic rings. The molecule has 0 aliphatic carbocycles. The molecule has 132 valence electrons. The molecule has 0 aromatic heterocycles. The molecule has 0 spiro atoms. The van der Waals surface area contributed by atoms with Gasteiger partial charge in [-0.25, -0.2) is 4.39 Å². The van der Waals surface area contributed by atoms with E-state index >= 15 is 0 Å². The molecule has 26 heavy (non-hydrogen) atoms. The first-order valence-corrected chi connectivity index (χ1v) is 8.96. The molecule has 0 aliphatic rings. The summed E-state index contributed by atoms with van der Waals surface area (Å²) >= 11 is 1.38. The first kappa shape index (κ1) is 18.0. The van der Waals surface area contributed by atoms with Gasteiger partial charge in [0.2, 0.25) is 5.91 Å². The summed E-state index contributed by atoms with van der Waals surface area (Å²) in [5, 5.41) is 2.47. The van der Waals surface area contributed by atoms with Crippen LogP contribution in [0, 0.1) is 5.82 Å². The Hall–Kier alpha value is -2.79. The number of anilines is 1. The van der Waals surface area contributed by atoms with Crippen LogP contribution in [0.4, 0.5) is 10.1 Å². The molecule has 0 bridgehead atoms. The van der Waals surface area contributed by atoms with Gasteiger partial charge in [0, 0.05) is 16.6 Å². The summed E-state index contributed by atoms with van der Waals surface area (Å²) in [6.07, 6.45) is 0. The summed E-state index contributed by atoms with van der Waals surface area (Å²) in [6, 6.07) is 22.9. The second-order valence-electron chi connectivity index (χ2n) is 5.58. The summed E-state index contributed by atoms with van der Waals surface area (Å²) < 4.78 is 18.4. The number of ether oxygens (including phenoxy) is 1. The Bertz CT molecular complexity index is 869. The smallest absolute Gasteiger partial charge is 0.242 e. The van der Waals surface area contributed by atoms with Crippen LogP contribution >= 0.6 is 11.8 Å². The van der Waals surface area contributed by atoms with Crippen molar-refractivity contribution in [3.63, 3.8) is 0 Å². The quantitative estimate of drug-likeness (QED) is 0.600. The molecule has 0 unspecified atom stereocenters. The molecule has 3 aromatic carbocycles. The number of thioether (sulfide) groups is 1. The molecular formula is C21H18FNO2S. The standard InChI is InChI=1S/C21H18FNO2S/c1-25-18-9-5-8-17(14-18)23-21(24)20(15-6-3-2-4-7-15)26-19-12-10-16(22)11-13-19/h2-14,20H,1H3,(H,23,24)/t20-/m1/s1. The first-order valence-electron chi connectivity index (χ1n) is 8.08. The van der Waals surface area contributed by atoms with Crippen LogP contribution in [-0.2, 0) is 4.79 Å². The number of carbonyl (C=O) groups is 1. The molecule has 5 heteroatoms. The van der Waals surface area contributed by atoms with E-state index in [0.29, 0.717) is 11.4 Å². The van der Waals surface area contributed by atoms with E-state index in [0.717, 1.165) is 10.5 Å². The molecule has 1 atom stereocenters. The molecule has 0 fully saturated rings. The van der Waals surface area contributed by atoms with E-state index in [4.69, 9.17) is 4.74 Å². The largest absolute Gasteiger partial charge is 0.497 e. The normalized spacial score (nSPS) is 11.6. The topological polar surface area (TPSA) is 38.3 Å². The minimum Gasteiger partial charge on any atom is -0.497 e. The van der Waals surface area contributed by atoms with Crippen molar-refractivity contribution < 1.29 is 13.9 Å². The summed E-state index contributed by atoms with van der Waals surface area (Å²) in [4.78, 5) is 13.8. The van der Waals surface area contributed by atoms with Crippen molar-refractivity contribution in [2.24, 2.45) is 0 Å². The maximum Gasteiger partial charge on any atom is 0.242 e. The maximum atomic E-state index is 13.2. The average Bonchev–Trinajstić information content (AvgIpc) is 2.68. The third-order valence-electron chi connectivity index (χ3n) is 3.75. The Morgan fingerprint density at radius 2 is 1.73 bits per heavy atom. The van der Waals surface area contributed by atoms with Crippen LogP contribution in [0.2, 0.25) is 0 Å². The highest BCUT2D eigenvalue weighted by Gasteiger charge is 2.22. The van der Waals surface area contributed by atoms with E-state index in [9.17, 15) is 9.18 Å². The third-order valence-corrected chi connectivity index (χ3v) is 5.01. The zero-order valence-corrected chi connectivity index (χ0v) is 15.0. The fourth-order valence-electron chi connectivity index (χ4n) is 2.46. The summed E-state index contributed by atoms with van der Waals surface area (Å²) in [5.41, 5.74) is 1.54. The van der Waals surface area contributed by atoms with E-state index in [1.807, 2.05) is 48.5 Å². The maximum absolute atomic E-state index is 13.2. The van der Waals surface area contributed by atoms with Crippen LogP contribution in [-0.4, -0.2) is 13.0 Å². The van der Waals surface area contributed by atoms with Crippen LogP contribution in [0.3, 0.4) is 0 Å². The van der Waals surface area contributed by atoms with E-state index < -0.39 is 5.25 Å². The Balaban J connectivity index is 1.84. The Kier molecular flexibility index (Phi) is 5.92. The van der Waals surface area contributed by atoms with Gasteiger partial charge in [0.25, 0.3) is 0 Å². The third kappa shape index (κ3) is 4.64. The van der Waals surface area contributed by atoms with Crippen molar-refractivity contribution in [2.45, 2.75) is 10.1 Å². The summed E-state index contributed by atoms with van der Waals surface area (Å²) in [7, 11) is 1.58. The van der Waals surface area contributed by atoms with Crippen molar-refractivity contribution in [2.75, 3.05) is 12.4 Å².